The molecule has 6 nitrogen and oxygen atoms in total. The highest BCUT2D eigenvalue weighted by molar-refractivity contribution is 7.91. The van der Waals surface area contributed by atoms with E-state index in [9.17, 15) is 26.4 Å². The summed E-state index contributed by atoms with van der Waals surface area (Å²) in [5.74, 6) is -0.824. The first-order chi connectivity index (χ1) is 18.8. The van der Waals surface area contributed by atoms with Crippen LogP contribution in [0.25, 0.3) is 0 Å². The number of amides is 1. The molecule has 2 heterocycles. The summed E-state index contributed by atoms with van der Waals surface area (Å²) in [6.45, 7) is 7.58. The summed E-state index contributed by atoms with van der Waals surface area (Å²) < 4.78 is 69.0. The lowest BCUT2D eigenvalue weighted by Crippen LogP contribution is -2.35. The Bertz CT molecular complexity index is 1270. The highest BCUT2D eigenvalue weighted by Gasteiger charge is 2.43. The standard InChI is InChI=1S/C29H39F3N2O4S2/c1-5-40(36,37)23-12-8-20(9-13-23)24(17-38-4)33-28(35)25-14-21-16-34(26(18(2)3)27(21)39-25)15-19-6-10-22(11-7-19)29(30,31)32/h8-9,12-14,18-19,22,24,26H,5-7,10-11,15-17H2,1-4H3,(H,33,35)/t19-,22-,24-,26+/m0/s1. The van der Waals surface area contributed by atoms with Crippen molar-refractivity contribution in [3.05, 3.63) is 51.2 Å². The van der Waals surface area contributed by atoms with E-state index in [0.29, 0.717) is 30.2 Å². The first-order valence-corrected chi connectivity index (χ1v) is 16.4. The average Bonchev–Trinajstić information content (AvgIpc) is 3.46. The lowest BCUT2D eigenvalue weighted by molar-refractivity contribution is -0.184. The number of rotatable bonds is 10. The molecule has 1 aliphatic carbocycles. The molecule has 0 radical (unpaired) electrons. The van der Waals surface area contributed by atoms with Gasteiger partial charge >= 0.3 is 6.18 Å². The lowest BCUT2D eigenvalue weighted by Gasteiger charge is -2.35. The number of carbonyl (C=O) groups excluding carboxylic acids is 1. The van der Waals surface area contributed by atoms with Crippen LogP contribution in [0.1, 0.15) is 84.2 Å². The van der Waals surface area contributed by atoms with Crippen molar-refractivity contribution in [3.63, 3.8) is 0 Å². The van der Waals surface area contributed by atoms with Gasteiger partial charge in [0.15, 0.2) is 9.84 Å². The average molecular weight is 601 g/mol. The molecule has 1 N–H and O–H groups in total. The number of benzene rings is 1. The van der Waals surface area contributed by atoms with Gasteiger partial charge < -0.3 is 10.1 Å². The monoisotopic (exact) mass is 600 g/mol. The maximum atomic E-state index is 13.3. The van der Waals surface area contributed by atoms with Crippen molar-refractivity contribution in [2.75, 3.05) is 26.0 Å². The molecule has 222 valence electrons. The van der Waals surface area contributed by atoms with Crippen LogP contribution in [0.5, 0.6) is 0 Å². The van der Waals surface area contributed by atoms with E-state index >= 15 is 0 Å². The highest BCUT2D eigenvalue weighted by Crippen LogP contribution is 2.46. The summed E-state index contributed by atoms with van der Waals surface area (Å²) in [4.78, 5) is 17.7. The molecule has 1 aromatic heterocycles. The molecule has 0 saturated heterocycles. The molecular formula is C29H39F3N2O4S2. The van der Waals surface area contributed by atoms with Crippen LogP contribution in [0, 0.1) is 17.8 Å². The second kappa shape index (κ2) is 12.5. The Balaban J connectivity index is 1.43. The molecular weight excluding hydrogens is 561 g/mol. The second-order valence-electron chi connectivity index (χ2n) is 11.3. The Morgan fingerprint density at radius 2 is 1.80 bits per heavy atom. The normalized spacial score (nSPS) is 22.9. The van der Waals surface area contributed by atoms with Crippen molar-refractivity contribution < 1.29 is 31.1 Å². The van der Waals surface area contributed by atoms with E-state index in [1.165, 1.54) is 11.3 Å². The van der Waals surface area contributed by atoms with E-state index in [2.05, 4.69) is 24.1 Å². The number of carbonyl (C=O) groups is 1. The Labute approximate surface area is 239 Å². The van der Waals surface area contributed by atoms with E-state index in [1.807, 2.05) is 6.07 Å². The van der Waals surface area contributed by atoms with Crippen LogP contribution in [0.3, 0.4) is 0 Å². The third-order valence-electron chi connectivity index (χ3n) is 8.20. The van der Waals surface area contributed by atoms with Gasteiger partial charge in [-0.05, 0) is 66.8 Å². The van der Waals surface area contributed by atoms with Gasteiger partial charge in [-0.25, -0.2) is 8.42 Å². The van der Waals surface area contributed by atoms with E-state index in [-0.39, 0.29) is 48.0 Å². The zero-order valence-electron chi connectivity index (χ0n) is 23.5. The highest BCUT2D eigenvalue weighted by atomic mass is 32.2. The number of thiophene rings is 1. The number of nitrogens with zero attached hydrogens (tertiary/aromatic N) is 1. The third-order valence-corrected chi connectivity index (χ3v) is 11.2. The first-order valence-electron chi connectivity index (χ1n) is 13.9. The molecule has 1 amide bonds. The Hall–Kier alpha value is -1.95. The molecule has 1 fully saturated rings. The summed E-state index contributed by atoms with van der Waals surface area (Å²) >= 11 is 1.48. The van der Waals surface area contributed by atoms with E-state index in [4.69, 9.17) is 4.74 Å². The molecule has 4 rings (SSSR count). The van der Waals surface area contributed by atoms with Crippen LogP contribution in [0.15, 0.2) is 35.2 Å². The van der Waals surface area contributed by atoms with Crippen LogP contribution in [0.4, 0.5) is 13.2 Å². The maximum Gasteiger partial charge on any atom is 0.391 e. The zero-order valence-corrected chi connectivity index (χ0v) is 25.1. The molecule has 2 atom stereocenters. The van der Waals surface area contributed by atoms with Crippen LogP contribution < -0.4 is 5.32 Å². The molecule has 0 bridgehead atoms. The summed E-state index contributed by atoms with van der Waals surface area (Å²) in [5, 5.41) is 3.04. The summed E-state index contributed by atoms with van der Waals surface area (Å²) in [7, 11) is -1.77. The summed E-state index contributed by atoms with van der Waals surface area (Å²) in [6, 6.07) is 8.14. The largest absolute Gasteiger partial charge is 0.391 e. The van der Waals surface area contributed by atoms with Gasteiger partial charge in [-0.2, -0.15) is 13.2 Å². The smallest absolute Gasteiger partial charge is 0.382 e. The van der Waals surface area contributed by atoms with Crippen LogP contribution in [-0.2, 0) is 21.1 Å². The predicted octanol–water partition coefficient (Wildman–Crippen LogP) is 6.54. The number of halogens is 3. The molecule has 11 heteroatoms. The van der Waals surface area contributed by atoms with Crippen molar-refractivity contribution >= 4 is 27.1 Å². The van der Waals surface area contributed by atoms with Crippen molar-refractivity contribution in [2.24, 2.45) is 17.8 Å². The number of fused-ring (bicyclic) bond motifs is 1. The number of alkyl halides is 3. The second-order valence-corrected chi connectivity index (χ2v) is 14.7. The fourth-order valence-corrected chi connectivity index (χ4v) is 8.28. The van der Waals surface area contributed by atoms with E-state index in [1.54, 1.807) is 38.3 Å². The summed E-state index contributed by atoms with van der Waals surface area (Å²) in [6.07, 6.45) is -2.49. The minimum Gasteiger partial charge on any atom is -0.382 e. The van der Waals surface area contributed by atoms with Crippen LogP contribution in [0.2, 0.25) is 0 Å². The summed E-state index contributed by atoms with van der Waals surface area (Å²) in [5.41, 5.74) is 1.86. The van der Waals surface area contributed by atoms with Gasteiger partial charge in [-0.1, -0.05) is 32.9 Å². The minimum absolute atomic E-state index is 0.0155. The van der Waals surface area contributed by atoms with Gasteiger partial charge in [0.2, 0.25) is 0 Å². The predicted molar refractivity (Wildman–Crippen MR) is 150 cm³/mol. The zero-order chi connectivity index (χ0) is 29.2. The lowest BCUT2D eigenvalue weighted by atomic mass is 9.81. The number of methoxy groups -OCH3 is 1. The van der Waals surface area contributed by atoms with Crippen molar-refractivity contribution in [3.8, 4) is 0 Å². The number of hydrogen-bond donors (Lipinski definition) is 1. The Morgan fingerprint density at radius 1 is 1.15 bits per heavy atom. The van der Waals surface area contributed by atoms with Crippen LogP contribution >= 0.6 is 11.3 Å². The van der Waals surface area contributed by atoms with Crippen molar-refractivity contribution in [2.45, 2.75) is 76.2 Å². The number of ether oxygens (including phenoxy) is 1. The van der Waals surface area contributed by atoms with Gasteiger partial charge in [0.1, 0.15) is 0 Å². The maximum absolute atomic E-state index is 13.3. The van der Waals surface area contributed by atoms with Crippen molar-refractivity contribution in [1.82, 2.24) is 10.2 Å². The van der Waals surface area contributed by atoms with Gasteiger partial charge in [0, 0.05) is 31.1 Å². The number of hydrogen-bond acceptors (Lipinski definition) is 6. The Kier molecular flexibility index (Phi) is 9.69. The van der Waals surface area contributed by atoms with E-state index < -0.39 is 28.0 Å². The molecule has 1 aliphatic heterocycles. The molecule has 0 unspecified atom stereocenters. The van der Waals surface area contributed by atoms with Crippen molar-refractivity contribution in [1.29, 1.82) is 0 Å². The van der Waals surface area contributed by atoms with Gasteiger partial charge in [-0.15, -0.1) is 11.3 Å². The Morgan fingerprint density at radius 3 is 2.35 bits per heavy atom. The third kappa shape index (κ3) is 6.91. The van der Waals surface area contributed by atoms with Gasteiger partial charge in [0.05, 0.1) is 34.1 Å². The molecule has 1 aromatic carbocycles. The topological polar surface area (TPSA) is 75.7 Å². The van der Waals surface area contributed by atoms with E-state index in [0.717, 1.165) is 22.5 Å². The number of nitrogens with one attached hydrogen (secondary N) is 1. The minimum atomic E-state index is -4.10. The number of sulfone groups is 1. The van der Waals surface area contributed by atoms with Gasteiger partial charge in [-0.3, -0.25) is 9.69 Å². The quantitative estimate of drug-likeness (QED) is 0.335. The fourth-order valence-electron chi connectivity index (χ4n) is 6.01. The van der Waals surface area contributed by atoms with Crippen LogP contribution in [-0.4, -0.2) is 51.4 Å². The fraction of sp³-hybridized carbons (Fsp3) is 0.621. The molecule has 0 spiro atoms. The molecule has 2 aliphatic rings. The SMILES string of the molecule is CCS(=O)(=O)c1ccc([C@H](COC)NC(=O)c2cc3c(s2)[C@@H](C(C)C)N(C[C@H]2CC[C@H](C(F)(F)F)CC2)C3)cc1. The molecule has 1 saturated carbocycles. The molecule has 2 aromatic rings. The first kappa shape index (κ1) is 31.0. The van der Waals surface area contributed by atoms with Gasteiger partial charge in [0.25, 0.3) is 5.91 Å². The molecule has 40 heavy (non-hydrogen) atoms.